The summed E-state index contributed by atoms with van der Waals surface area (Å²) < 4.78 is 11.2. The lowest BCUT2D eigenvalue weighted by Crippen LogP contribution is -2.40. The van der Waals surface area contributed by atoms with Gasteiger partial charge in [-0.15, -0.1) is 0 Å². The molecule has 29 heavy (non-hydrogen) atoms. The number of methoxy groups -OCH3 is 1. The molecule has 1 aliphatic heterocycles. The molecule has 1 aliphatic rings. The minimum Gasteiger partial charge on any atom is -0.496 e. The van der Waals surface area contributed by atoms with E-state index in [1.165, 1.54) is 6.54 Å². The Bertz CT molecular complexity index is 807. The molecular formula is C23H33N3O3. The van der Waals surface area contributed by atoms with E-state index in [1.54, 1.807) is 7.11 Å². The number of amides is 1. The van der Waals surface area contributed by atoms with Crippen LogP contribution >= 0.6 is 0 Å². The molecule has 1 saturated heterocycles. The SMILES string of the molecule is COc1ccccc1-c1nc(CC(=O)NCC2CCN(CC(C)C)CC2)c(C)o1. The Balaban J connectivity index is 1.51. The van der Waals surface area contributed by atoms with Crippen LogP contribution in [0.15, 0.2) is 28.7 Å². The summed E-state index contributed by atoms with van der Waals surface area (Å²) in [6.45, 7) is 10.5. The van der Waals surface area contributed by atoms with E-state index < -0.39 is 0 Å². The number of aryl methyl sites for hydroxylation is 1. The first-order valence-electron chi connectivity index (χ1n) is 10.5. The molecule has 0 atom stereocenters. The van der Waals surface area contributed by atoms with Crippen molar-refractivity contribution in [2.45, 2.75) is 40.0 Å². The summed E-state index contributed by atoms with van der Waals surface area (Å²) in [5.74, 6) is 3.12. The lowest BCUT2D eigenvalue weighted by molar-refractivity contribution is -0.120. The van der Waals surface area contributed by atoms with E-state index in [2.05, 4.69) is 29.0 Å². The highest BCUT2D eigenvalue weighted by atomic mass is 16.5. The Labute approximate surface area is 173 Å². The van der Waals surface area contributed by atoms with E-state index in [-0.39, 0.29) is 12.3 Å². The van der Waals surface area contributed by atoms with Gasteiger partial charge < -0.3 is 19.4 Å². The average molecular weight is 400 g/mol. The number of ether oxygens (including phenoxy) is 1. The molecule has 0 bridgehead atoms. The maximum atomic E-state index is 12.5. The fraction of sp³-hybridized carbons (Fsp3) is 0.565. The average Bonchev–Trinajstić information content (AvgIpc) is 3.07. The lowest BCUT2D eigenvalue weighted by Gasteiger charge is -2.33. The first-order chi connectivity index (χ1) is 14.0. The molecule has 1 N–H and O–H groups in total. The second-order valence-electron chi connectivity index (χ2n) is 8.34. The topological polar surface area (TPSA) is 67.6 Å². The summed E-state index contributed by atoms with van der Waals surface area (Å²) >= 11 is 0. The molecule has 1 fully saturated rings. The predicted octanol–water partition coefficient (Wildman–Crippen LogP) is 3.69. The summed E-state index contributed by atoms with van der Waals surface area (Å²) in [5, 5.41) is 3.09. The largest absolute Gasteiger partial charge is 0.496 e. The van der Waals surface area contributed by atoms with Gasteiger partial charge in [0.05, 0.1) is 24.8 Å². The van der Waals surface area contributed by atoms with Crippen LogP contribution in [0.5, 0.6) is 5.75 Å². The molecule has 0 radical (unpaired) electrons. The van der Waals surface area contributed by atoms with E-state index in [9.17, 15) is 4.79 Å². The molecule has 0 unspecified atom stereocenters. The Morgan fingerprint density at radius 2 is 2.03 bits per heavy atom. The van der Waals surface area contributed by atoms with Crippen LogP contribution in [0.4, 0.5) is 0 Å². The van der Waals surface area contributed by atoms with Crippen LogP contribution in [-0.2, 0) is 11.2 Å². The molecule has 2 aromatic rings. The van der Waals surface area contributed by atoms with Crippen LogP contribution in [0.25, 0.3) is 11.5 Å². The fourth-order valence-corrected chi connectivity index (χ4v) is 3.89. The standard InChI is InChI=1S/C23H33N3O3/c1-16(2)15-26-11-9-18(10-12-26)14-24-22(27)13-20-17(3)29-23(25-20)19-7-5-6-8-21(19)28-4/h5-8,16,18H,9-15H2,1-4H3,(H,24,27). The normalized spacial score (nSPS) is 15.6. The van der Waals surface area contributed by atoms with Crippen LogP contribution in [0, 0.1) is 18.8 Å². The Kier molecular flexibility index (Phi) is 7.31. The van der Waals surface area contributed by atoms with Gasteiger partial charge in [-0.2, -0.15) is 0 Å². The second kappa shape index (κ2) is 9.92. The van der Waals surface area contributed by atoms with Gasteiger partial charge in [0.2, 0.25) is 11.8 Å². The molecule has 3 rings (SSSR count). The first kappa shape index (κ1) is 21.4. The number of carbonyl (C=O) groups excluding carboxylic acids is 1. The molecule has 1 aromatic carbocycles. The zero-order valence-electron chi connectivity index (χ0n) is 18.0. The maximum absolute atomic E-state index is 12.5. The number of piperidine rings is 1. The summed E-state index contributed by atoms with van der Waals surface area (Å²) in [7, 11) is 1.62. The van der Waals surface area contributed by atoms with Crippen molar-refractivity contribution in [3.8, 4) is 17.2 Å². The molecule has 1 aromatic heterocycles. The number of aromatic nitrogens is 1. The minimum atomic E-state index is -0.00223. The molecule has 6 nitrogen and oxygen atoms in total. The summed E-state index contributed by atoms with van der Waals surface area (Å²) in [6, 6.07) is 7.59. The Morgan fingerprint density at radius 1 is 1.31 bits per heavy atom. The number of hydrogen-bond donors (Lipinski definition) is 1. The minimum absolute atomic E-state index is 0.00223. The van der Waals surface area contributed by atoms with Gasteiger partial charge in [0, 0.05) is 13.1 Å². The van der Waals surface area contributed by atoms with Crippen molar-refractivity contribution in [3.63, 3.8) is 0 Å². The van der Waals surface area contributed by atoms with E-state index in [0.29, 0.717) is 34.9 Å². The smallest absolute Gasteiger partial charge is 0.230 e. The van der Waals surface area contributed by atoms with Crippen molar-refractivity contribution in [3.05, 3.63) is 35.7 Å². The van der Waals surface area contributed by atoms with Crippen molar-refractivity contribution in [1.82, 2.24) is 15.2 Å². The van der Waals surface area contributed by atoms with Gasteiger partial charge in [0.25, 0.3) is 0 Å². The lowest BCUT2D eigenvalue weighted by atomic mass is 9.96. The number of benzene rings is 1. The van der Waals surface area contributed by atoms with E-state index in [4.69, 9.17) is 9.15 Å². The number of nitrogens with one attached hydrogen (secondary N) is 1. The van der Waals surface area contributed by atoms with Crippen LogP contribution in [-0.4, -0.2) is 49.1 Å². The van der Waals surface area contributed by atoms with Gasteiger partial charge >= 0.3 is 0 Å². The third-order valence-corrected chi connectivity index (χ3v) is 5.48. The first-order valence-corrected chi connectivity index (χ1v) is 10.5. The van der Waals surface area contributed by atoms with Crippen molar-refractivity contribution < 1.29 is 13.9 Å². The van der Waals surface area contributed by atoms with E-state index >= 15 is 0 Å². The van der Waals surface area contributed by atoms with Crippen molar-refractivity contribution in [1.29, 1.82) is 0 Å². The number of nitrogens with zero attached hydrogens (tertiary/aromatic N) is 2. The van der Waals surface area contributed by atoms with Gasteiger partial charge in [0.15, 0.2) is 0 Å². The van der Waals surface area contributed by atoms with Crippen molar-refractivity contribution >= 4 is 5.91 Å². The van der Waals surface area contributed by atoms with Crippen LogP contribution in [0.3, 0.4) is 0 Å². The summed E-state index contributed by atoms with van der Waals surface area (Å²) in [6.07, 6.45) is 2.53. The number of oxazole rings is 1. The van der Waals surface area contributed by atoms with Crippen LogP contribution in [0.1, 0.15) is 38.1 Å². The van der Waals surface area contributed by atoms with Gasteiger partial charge in [-0.25, -0.2) is 4.98 Å². The van der Waals surface area contributed by atoms with E-state index in [0.717, 1.165) is 38.0 Å². The number of hydrogen-bond acceptors (Lipinski definition) is 5. The van der Waals surface area contributed by atoms with Gasteiger partial charge in [-0.05, 0) is 56.8 Å². The van der Waals surface area contributed by atoms with Crippen molar-refractivity contribution in [2.75, 3.05) is 33.3 Å². The van der Waals surface area contributed by atoms with Gasteiger partial charge in [-0.1, -0.05) is 26.0 Å². The molecule has 0 aliphatic carbocycles. The van der Waals surface area contributed by atoms with E-state index in [1.807, 2.05) is 31.2 Å². The van der Waals surface area contributed by atoms with Gasteiger partial charge in [-0.3, -0.25) is 4.79 Å². The number of carbonyl (C=O) groups is 1. The quantitative estimate of drug-likeness (QED) is 0.733. The van der Waals surface area contributed by atoms with Gasteiger partial charge in [0.1, 0.15) is 11.5 Å². The Morgan fingerprint density at radius 3 is 2.72 bits per heavy atom. The number of rotatable bonds is 8. The third kappa shape index (κ3) is 5.82. The third-order valence-electron chi connectivity index (χ3n) is 5.48. The van der Waals surface area contributed by atoms with Crippen molar-refractivity contribution in [2.24, 2.45) is 11.8 Å². The Hall–Kier alpha value is -2.34. The highest BCUT2D eigenvalue weighted by Gasteiger charge is 2.21. The molecule has 158 valence electrons. The molecule has 0 saturated carbocycles. The molecule has 6 heteroatoms. The van der Waals surface area contributed by atoms with Crippen LogP contribution < -0.4 is 10.1 Å². The molecule has 1 amide bonds. The number of likely N-dealkylation sites (tertiary alicyclic amines) is 1. The van der Waals surface area contributed by atoms with Crippen LogP contribution in [0.2, 0.25) is 0 Å². The summed E-state index contributed by atoms with van der Waals surface area (Å²) in [4.78, 5) is 19.5. The zero-order chi connectivity index (χ0) is 20.8. The monoisotopic (exact) mass is 399 g/mol. The fourth-order valence-electron chi connectivity index (χ4n) is 3.89. The zero-order valence-corrected chi connectivity index (χ0v) is 18.0. The molecule has 0 spiro atoms. The summed E-state index contributed by atoms with van der Waals surface area (Å²) in [5.41, 5.74) is 1.47. The second-order valence-corrected chi connectivity index (χ2v) is 8.34. The highest BCUT2D eigenvalue weighted by molar-refractivity contribution is 5.78. The number of para-hydroxylation sites is 1. The molecule has 2 heterocycles. The highest BCUT2D eigenvalue weighted by Crippen LogP contribution is 2.30. The predicted molar refractivity (Wildman–Crippen MR) is 114 cm³/mol. The maximum Gasteiger partial charge on any atom is 0.230 e. The molecular weight excluding hydrogens is 366 g/mol.